The van der Waals surface area contributed by atoms with Crippen molar-refractivity contribution in [1.29, 1.82) is 0 Å². The van der Waals surface area contributed by atoms with E-state index in [9.17, 15) is 24.9 Å². The number of halogens is 2. The van der Waals surface area contributed by atoms with Crippen molar-refractivity contribution >= 4 is 43.8 Å². The summed E-state index contributed by atoms with van der Waals surface area (Å²) in [5.74, 6) is -1.58. The van der Waals surface area contributed by atoms with Crippen LogP contribution in [0.3, 0.4) is 0 Å². The number of rotatable bonds is 7. The lowest BCUT2D eigenvalue weighted by Gasteiger charge is -2.37. The molecule has 0 spiro atoms. The second kappa shape index (κ2) is 10.1. The van der Waals surface area contributed by atoms with Gasteiger partial charge in [-0.3, -0.25) is 0 Å². The first-order valence-corrected chi connectivity index (χ1v) is 13.8. The highest BCUT2D eigenvalue weighted by molar-refractivity contribution is 9.11. The van der Waals surface area contributed by atoms with Crippen molar-refractivity contribution < 1.29 is 29.6 Å². The Kier molecular flexibility index (Phi) is 7.45. The van der Waals surface area contributed by atoms with E-state index in [0.29, 0.717) is 40.2 Å². The third-order valence-electron chi connectivity index (χ3n) is 7.13. The number of carboxylic acid groups (broad SMARTS) is 1. The number of hydrogen-bond donors (Lipinski definition) is 3. The predicted molar refractivity (Wildman–Crippen MR) is 148 cm³/mol. The van der Waals surface area contributed by atoms with Crippen LogP contribution >= 0.6 is 31.9 Å². The largest absolute Gasteiger partial charge is 0.507 e. The molecule has 0 atom stereocenters. The molecule has 1 heterocycles. The number of carboxylic acids is 1. The van der Waals surface area contributed by atoms with Crippen LogP contribution in [-0.4, -0.2) is 27.3 Å². The molecule has 0 unspecified atom stereocenters. The minimum absolute atomic E-state index is 0.0110. The van der Waals surface area contributed by atoms with Gasteiger partial charge in [-0.15, -0.1) is 0 Å². The number of cyclic esters (lactones) is 1. The number of phenolic OH excluding ortho intramolecular Hbond substituents is 2. The molecule has 3 N–H and O–H groups in total. The molecule has 0 bridgehead atoms. The number of fused-ring (bicyclic) bond motifs is 1. The summed E-state index contributed by atoms with van der Waals surface area (Å²) in [6, 6.07) is 7.87. The number of hydrogen-bond acceptors (Lipinski definition) is 5. The molecule has 37 heavy (non-hydrogen) atoms. The summed E-state index contributed by atoms with van der Waals surface area (Å²) in [5.41, 5.74) is 3.92. The van der Waals surface area contributed by atoms with Gasteiger partial charge in [0.15, 0.2) is 5.60 Å². The normalized spacial score (nSPS) is 13.9. The van der Waals surface area contributed by atoms with Gasteiger partial charge in [0.2, 0.25) is 0 Å². The van der Waals surface area contributed by atoms with E-state index >= 15 is 0 Å². The summed E-state index contributed by atoms with van der Waals surface area (Å²) in [7, 11) is 0. The van der Waals surface area contributed by atoms with Crippen molar-refractivity contribution in [2.45, 2.75) is 59.0 Å². The van der Waals surface area contributed by atoms with Crippen LogP contribution in [0.5, 0.6) is 11.5 Å². The third-order valence-corrected chi connectivity index (χ3v) is 8.90. The van der Waals surface area contributed by atoms with E-state index in [1.807, 2.05) is 27.7 Å². The van der Waals surface area contributed by atoms with E-state index in [1.54, 1.807) is 18.2 Å². The van der Waals surface area contributed by atoms with E-state index in [0.717, 1.165) is 33.4 Å². The van der Waals surface area contributed by atoms with Crippen molar-refractivity contribution in [1.82, 2.24) is 0 Å². The molecule has 3 aromatic carbocycles. The number of aryl methyl sites for hydroxylation is 2. The number of esters is 1. The smallest absolute Gasteiger partial charge is 0.340 e. The predicted octanol–water partition coefficient (Wildman–Crippen LogP) is 7.03. The molecule has 1 aliphatic rings. The fourth-order valence-electron chi connectivity index (χ4n) is 5.51. The number of carbonyl (C=O) groups excluding carboxylic acids is 1. The molecule has 0 amide bonds. The van der Waals surface area contributed by atoms with Gasteiger partial charge in [-0.1, -0.05) is 33.8 Å². The van der Waals surface area contributed by atoms with Gasteiger partial charge in [-0.2, -0.15) is 0 Å². The van der Waals surface area contributed by atoms with Crippen molar-refractivity contribution in [3.63, 3.8) is 0 Å². The first kappa shape index (κ1) is 27.2. The van der Waals surface area contributed by atoms with E-state index in [1.165, 1.54) is 12.1 Å². The minimum Gasteiger partial charge on any atom is -0.507 e. The fraction of sp³-hybridized carbons (Fsp3) is 0.310. The van der Waals surface area contributed by atoms with Crippen molar-refractivity contribution in [3.8, 4) is 11.5 Å². The van der Waals surface area contributed by atoms with Crippen LogP contribution in [0.1, 0.15) is 87.4 Å². The van der Waals surface area contributed by atoms with Crippen LogP contribution < -0.4 is 0 Å². The Bertz CT molecular complexity index is 1380. The minimum atomic E-state index is -1.43. The van der Waals surface area contributed by atoms with Crippen LogP contribution in [0.15, 0.2) is 39.3 Å². The average Bonchev–Trinajstić information content (AvgIpc) is 3.18. The Morgan fingerprint density at radius 2 is 1.32 bits per heavy atom. The Morgan fingerprint density at radius 3 is 1.73 bits per heavy atom. The highest BCUT2D eigenvalue weighted by Crippen LogP contribution is 2.55. The van der Waals surface area contributed by atoms with Gasteiger partial charge in [0.25, 0.3) is 0 Å². The molecule has 0 radical (unpaired) electrons. The molecule has 0 aliphatic carbocycles. The average molecular weight is 632 g/mol. The topological polar surface area (TPSA) is 104 Å². The molecular formula is C29H28Br2O6. The fourth-order valence-corrected chi connectivity index (χ4v) is 6.70. The van der Waals surface area contributed by atoms with Gasteiger partial charge in [0.1, 0.15) is 11.5 Å². The first-order chi connectivity index (χ1) is 17.6. The lowest BCUT2D eigenvalue weighted by Crippen LogP contribution is -2.35. The maximum absolute atomic E-state index is 13.6. The third kappa shape index (κ3) is 4.05. The Labute approximate surface area is 232 Å². The number of aromatic hydroxyl groups is 2. The number of benzene rings is 3. The lowest BCUT2D eigenvalue weighted by atomic mass is 9.71. The zero-order valence-electron chi connectivity index (χ0n) is 21.0. The van der Waals surface area contributed by atoms with Crippen molar-refractivity contribution in [2.75, 3.05) is 0 Å². The van der Waals surface area contributed by atoms with Gasteiger partial charge in [0.05, 0.1) is 20.1 Å². The standard InChI is InChI=1S/C29H28Br2O6/c1-5-14-12-21(32)25(30)17(7-3)23(14)29(24-15(6-2)13-22(33)26(31)18(24)8-4)20-10-9-16(27(34)35)11-19(20)28(36)37-29/h9-13,32-33H,5-8H2,1-4H3,(H,34,35). The summed E-state index contributed by atoms with van der Waals surface area (Å²) >= 11 is 7.13. The number of carbonyl (C=O) groups is 2. The molecule has 0 saturated carbocycles. The summed E-state index contributed by atoms with van der Waals surface area (Å²) in [6.45, 7) is 7.88. The van der Waals surface area contributed by atoms with Crippen LogP contribution in [0.2, 0.25) is 0 Å². The Morgan fingerprint density at radius 1 is 0.838 bits per heavy atom. The highest BCUT2D eigenvalue weighted by Gasteiger charge is 2.53. The number of ether oxygens (including phenoxy) is 1. The van der Waals surface area contributed by atoms with Crippen molar-refractivity contribution in [2.24, 2.45) is 0 Å². The van der Waals surface area contributed by atoms with E-state index in [4.69, 9.17) is 4.74 Å². The molecule has 1 aliphatic heterocycles. The maximum Gasteiger partial charge on any atom is 0.340 e. The van der Waals surface area contributed by atoms with E-state index < -0.39 is 17.5 Å². The quantitative estimate of drug-likeness (QED) is 0.242. The molecule has 0 saturated heterocycles. The summed E-state index contributed by atoms with van der Waals surface area (Å²) in [5, 5.41) is 31.1. The SMILES string of the molecule is CCc1cc(O)c(Br)c(CC)c1C1(c2c(CC)cc(O)c(Br)c2CC)OC(=O)c2cc(C(=O)O)ccc21. The van der Waals surface area contributed by atoms with Crippen LogP contribution in [0, 0.1) is 0 Å². The zero-order valence-corrected chi connectivity index (χ0v) is 24.2. The number of aromatic carboxylic acids is 1. The summed E-state index contributed by atoms with van der Waals surface area (Å²) in [6.07, 6.45) is 2.16. The molecule has 6 nitrogen and oxygen atoms in total. The lowest BCUT2D eigenvalue weighted by molar-refractivity contribution is 0.0241. The monoisotopic (exact) mass is 630 g/mol. The summed E-state index contributed by atoms with van der Waals surface area (Å²) < 4.78 is 7.48. The maximum atomic E-state index is 13.6. The molecular weight excluding hydrogens is 604 g/mol. The van der Waals surface area contributed by atoms with Crippen molar-refractivity contribution in [3.05, 3.63) is 89.3 Å². The Hall–Kier alpha value is -2.84. The van der Waals surface area contributed by atoms with Crippen LogP contribution in [0.25, 0.3) is 0 Å². The molecule has 4 rings (SSSR count). The molecule has 3 aromatic rings. The van der Waals surface area contributed by atoms with Gasteiger partial charge >= 0.3 is 11.9 Å². The molecule has 0 aromatic heterocycles. The van der Waals surface area contributed by atoms with Gasteiger partial charge < -0.3 is 20.1 Å². The summed E-state index contributed by atoms with van der Waals surface area (Å²) in [4.78, 5) is 25.3. The van der Waals surface area contributed by atoms with E-state index in [2.05, 4.69) is 31.9 Å². The van der Waals surface area contributed by atoms with Gasteiger partial charge in [-0.05, 0) is 104 Å². The number of phenols is 2. The van der Waals surface area contributed by atoms with Gasteiger partial charge in [-0.25, -0.2) is 9.59 Å². The molecule has 194 valence electrons. The molecule has 8 heteroatoms. The van der Waals surface area contributed by atoms with Gasteiger partial charge in [0, 0.05) is 16.7 Å². The second-order valence-corrected chi connectivity index (χ2v) is 10.6. The zero-order chi connectivity index (χ0) is 27.2. The van der Waals surface area contributed by atoms with Crippen LogP contribution in [-0.2, 0) is 36.0 Å². The van der Waals surface area contributed by atoms with Crippen LogP contribution in [0.4, 0.5) is 0 Å². The van der Waals surface area contributed by atoms with E-state index in [-0.39, 0.29) is 22.6 Å². The Balaban J connectivity index is 2.31. The highest BCUT2D eigenvalue weighted by atomic mass is 79.9. The first-order valence-electron chi connectivity index (χ1n) is 12.3. The second-order valence-electron chi connectivity index (χ2n) is 9.00. The molecule has 0 fully saturated rings.